The van der Waals surface area contributed by atoms with Crippen LogP contribution < -0.4 is 11.1 Å². The number of amides is 1. The highest BCUT2D eigenvalue weighted by Crippen LogP contribution is 2.21. The second-order valence-corrected chi connectivity index (χ2v) is 5.85. The monoisotopic (exact) mass is 336 g/mol. The molecule has 1 aromatic carbocycles. The van der Waals surface area contributed by atoms with Gasteiger partial charge in [-0.2, -0.15) is 16.4 Å². The zero-order chi connectivity index (χ0) is 16.5. The molecule has 3 N–H and O–H groups in total. The van der Waals surface area contributed by atoms with E-state index in [1.54, 1.807) is 22.3 Å². The Kier molecular flexibility index (Phi) is 3.43. The number of thiophene rings is 1. The van der Waals surface area contributed by atoms with E-state index in [1.165, 1.54) is 17.7 Å². The Balaban J connectivity index is 1.69. The number of nitrogens with zero attached hydrogens (tertiary/aromatic N) is 4. The molecule has 1 amide bonds. The first kappa shape index (κ1) is 14.3. The molecular weight excluding hydrogens is 324 g/mol. The zero-order valence-electron chi connectivity index (χ0n) is 12.4. The molecule has 118 valence electrons. The number of nitrogens with two attached hydrogens (primary N) is 1. The molecule has 7 nitrogen and oxygen atoms in total. The third kappa shape index (κ3) is 2.48. The molecule has 4 aromatic rings. The molecule has 3 aromatic heterocycles. The minimum absolute atomic E-state index is 0.148. The molecule has 0 aliphatic rings. The highest BCUT2D eigenvalue weighted by Gasteiger charge is 2.11. The molecule has 8 heteroatoms. The second kappa shape index (κ2) is 5.74. The minimum atomic E-state index is -0.148. The fourth-order valence-corrected chi connectivity index (χ4v) is 3.00. The zero-order valence-corrected chi connectivity index (χ0v) is 13.2. The Labute approximate surface area is 140 Å². The van der Waals surface area contributed by atoms with Crippen LogP contribution in [0.1, 0.15) is 10.4 Å². The highest BCUT2D eigenvalue weighted by molar-refractivity contribution is 7.08. The van der Waals surface area contributed by atoms with Crippen molar-refractivity contribution in [1.29, 1.82) is 0 Å². The van der Waals surface area contributed by atoms with Gasteiger partial charge in [-0.05, 0) is 29.6 Å². The van der Waals surface area contributed by atoms with Crippen molar-refractivity contribution in [3.8, 4) is 5.69 Å². The van der Waals surface area contributed by atoms with Crippen molar-refractivity contribution < 1.29 is 4.79 Å². The molecule has 0 saturated heterocycles. The van der Waals surface area contributed by atoms with Crippen molar-refractivity contribution in [3.63, 3.8) is 0 Å². The van der Waals surface area contributed by atoms with E-state index >= 15 is 0 Å². The molecule has 0 aliphatic heterocycles. The van der Waals surface area contributed by atoms with Gasteiger partial charge in [0.15, 0.2) is 5.65 Å². The number of carbonyl (C=O) groups is 1. The standard InChI is InChI=1S/C16H12N6OS/c17-14-13-7-20-22(15(13)19-9-18-14)12-3-1-2-11(6-12)21-16(23)10-4-5-24-8-10/h1-9H,(H,21,23)(H2,17,18,19). The first-order valence-electron chi connectivity index (χ1n) is 7.10. The van der Waals surface area contributed by atoms with E-state index in [0.717, 1.165) is 5.69 Å². The first-order chi connectivity index (χ1) is 11.7. The lowest BCUT2D eigenvalue weighted by atomic mass is 10.2. The summed E-state index contributed by atoms with van der Waals surface area (Å²) in [5, 5.41) is 11.6. The predicted molar refractivity (Wildman–Crippen MR) is 93.3 cm³/mol. The quantitative estimate of drug-likeness (QED) is 0.599. The van der Waals surface area contributed by atoms with E-state index in [4.69, 9.17) is 5.73 Å². The van der Waals surface area contributed by atoms with Gasteiger partial charge in [-0.3, -0.25) is 4.79 Å². The highest BCUT2D eigenvalue weighted by atomic mass is 32.1. The average Bonchev–Trinajstić information content (AvgIpc) is 3.26. The number of hydrogen-bond donors (Lipinski definition) is 2. The van der Waals surface area contributed by atoms with Crippen LogP contribution in [0, 0.1) is 0 Å². The number of anilines is 2. The van der Waals surface area contributed by atoms with Gasteiger partial charge < -0.3 is 11.1 Å². The van der Waals surface area contributed by atoms with Gasteiger partial charge in [-0.25, -0.2) is 14.6 Å². The van der Waals surface area contributed by atoms with Gasteiger partial charge in [-0.15, -0.1) is 0 Å². The van der Waals surface area contributed by atoms with Gasteiger partial charge in [0.1, 0.15) is 12.1 Å². The average molecular weight is 336 g/mol. The van der Waals surface area contributed by atoms with Crippen LogP contribution >= 0.6 is 11.3 Å². The van der Waals surface area contributed by atoms with Crippen LogP contribution in [0.25, 0.3) is 16.7 Å². The van der Waals surface area contributed by atoms with Crippen LogP contribution in [0.3, 0.4) is 0 Å². The summed E-state index contributed by atoms with van der Waals surface area (Å²) in [4.78, 5) is 20.4. The molecule has 0 fully saturated rings. The Morgan fingerprint density at radius 1 is 1.25 bits per heavy atom. The molecule has 24 heavy (non-hydrogen) atoms. The van der Waals surface area contributed by atoms with Crippen LogP contribution in [0.2, 0.25) is 0 Å². The third-order valence-electron chi connectivity index (χ3n) is 3.53. The van der Waals surface area contributed by atoms with Crippen molar-refractivity contribution >= 4 is 39.8 Å². The second-order valence-electron chi connectivity index (χ2n) is 5.07. The van der Waals surface area contributed by atoms with Crippen LogP contribution in [0.4, 0.5) is 11.5 Å². The number of nitrogen functional groups attached to an aromatic ring is 1. The fourth-order valence-electron chi connectivity index (χ4n) is 2.36. The molecule has 0 radical (unpaired) electrons. The fraction of sp³-hybridized carbons (Fsp3) is 0. The van der Waals surface area contributed by atoms with Crippen LogP contribution in [0.5, 0.6) is 0 Å². The Morgan fingerprint density at radius 2 is 2.17 bits per heavy atom. The van der Waals surface area contributed by atoms with E-state index in [2.05, 4.69) is 20.4 Å². The van der Waals surface area contributed by atoms with Crippen molar-refractivity contribution in [3.05, 3.63) is 59.2 Å². The van der Waals surface area contributed by atoms with Gasteiger partial charge in [-0.1, -0.05) is 6.07 Å². The SMILES string of the molecule is Nc1ncnc2c1cnn2-c1cccc(NC(=O)c2ccsc2)c1. The Hall–Kier alpha value is -3.26. The number of fused-ring (bicyclic) bond motifs is 1. The number of benzene rings is 1. The Morgan fingerprint density at radius 3 is 3.00 bits per heavy atom. The number of hydrogen-bond acceptors (Lipinski definition) is 6. The summed E-state index contributed by atoms with van der Waals surface area (Å²) in [7, 11) is 0. The van der Waals surface area contributed by atoms with Crippen LogP contribution in [0.15, 0.2) is 53.6 Å². The van der Waals surface area contributed by atoms with Crippen molar-refractivity contribution in [2.24, 2.45) is 0 Å². The van der Waals surface area contributed by atoms with E-state index in [0.29, 0.717) is 28.1 Å². The minimum Gasteiger partial charge on any atom is -0.383 e. The summed E-state index contributed by atoms with van der Waals surface area (Å²) in [6.07, 6.45) is 3.03. The maximum atomic E-state index is 12.2. The summed E-state index contributed by atoms with van der Waals surface area (Å²) < 4.78 is 1.66. The lowest BCUT2D eigenvalue weighted by Gasteiger charge is -2.07. The molecule has 0 spiro atoms. The van der Waals surface area contributed by atoms with Gasteiger partial charge in [0.25, 0.3) is 5.91 Å². The molecular formula is C16H12N6OS. The smallest absolute Gasteiger partial charge is 0.256 e. The van der Waals surface area contributed by atoms with Crippen LogP contribution in [-0.4, -0.2) is 25.7 Å². The summed E-state index contributed by atoms with van der Waals surface area (Å²) in [5.74, 6) is 0.235. The summed E-state index contributed by atoms with van der Waals surface area (Å²) in [6.45, 7) is 0. The van der Waals surface area contributed by atoms with E-state index in [-0.39, 0.29) is 5.91 Å². The van der Waals surface area contributed by atoms with Gasteiger partial charge in [0, 0.05) is 11.1 Å². The number of aromatic nitrogens is 4. The summed E-state index contributed by atoms with van der Waals surface area (Å²) in [6, 6.07) is 9.16. The van der Waals surface area contributed by atoms with E-state index in [1.807, 2.05) is 29.6 Å². The van der Waals surface area contributed by atoms with Crippen LogP contribution in [-0.2, 0) is 0 Å². The molecule has 0 atom stereocenters. The molecule has 4 rings (SSSR count). The largest absolute Gasteiger partial charge is 0.383 e. The summed E-state index contributed by atoms with van der Waals surface area (Å²) >= 11 is 1.48. The lowest BCUT2D eigenvalue weighted by molar-refractivity contribution is 0.102. The topological polar surface area (TPSA) is 98.7 Å². The molecule has 0 saturated carbocycles. The first-order valence-corrected chi connectivity index (χ1v) is 8.05. The molecule has 0 unspecified atom stereocenters. The molecule has 0 aliphatic carbocycles. The third-order valence-corrected chi connectivity index (χ3v) is 4.21. The van der Waals surface area contributed by atoms with Gasteiger partial charge in [0.05, 0.1) is 22.8 Å². The van der Waals surface area contributed by atoms with Crippen molar-refractivity contribution in [1.82, 2.24) is 19.7 Å². The predicted octanol–water partition coefficient (Wildman–Crippen LogP) is 2.71. The lowest BCUT2D eigenvalue weighted by Crippen LogP contribution is -2.11. The molecule has 0 bridgehead atoms. The van der Waals surface area contributed by atoms with Gasteiger partial charge in [0.2, 0.25) is 0 Å². The van der Waals surface area contributed by atoms with Gasteiger partial charge >= 0.3 is 0 Å². The van der Waals surface area contributed by atoms with E-state index in [9.17, 15) is 4.79 Å². The van der Waals surface area contributed by atoms with E-state index < -0.39 is 0 Å². The maximum Gasteiger partial charge on any atom is 0.256 e. The summed E-state index contributed by atoms with van der Waals surface area (Å²) in [5.41, 5.74) is 8.53. The van der Waals surface area contributed by atoms with Crippen molar-refractivity contribution in [2.75, 3.05) is 11.1 Å². The maximum absolute atomic E-state index is 12.2. The number of carbonyl (C=O) groups excluding carboxylic acids is 1. The normalized spacial score (nSPS) is 10.8. The molecule has 3 heterocycles. The van der Waals surface area contributed by atoms with Crippen molar-refractivity contribution in [2.45, 2.75) is 0 Å². The number of rotatable bonds is 3. The number of nitrogens with one attached hydrogen (secondary N) is 1. The Bertz CT molecular complexity index is 1020.